The standard InChI is InChI=1S/C23H21NO/c1-3-9-19(10-4-1)15-16-22-21-13-7-8-14-23(21)25-18-24(22)17-20-11-5-2-6-12-20/h1-16,22H,17-18H2/b16-15+. The van der Waals surface area contributed by atoms with Gasteiger partial charge in [-0.1, -0.05) is 91.0 Å². The molecular weight excluding hydrogens is 306 g/mol. The van der Waals surface area contributed by atoms with Crippen LogP contribution in [0.2, 0.25) is 0 Å². The van der Waals surface area contributed by atoms with E-state index in [4.69, 9.17) is 4.74 Å². The summed E-state index contributed by atoms with van der Waals surface area (Å²) >= 11 is 0. The smallest absolute Gasteiger partial charge is 0.143 e. The monoisotopic (exact) mass is 327 g/mol. The van der Waals surface area contributed by atoms with E-state index in [0.717, 1.165) is 12.3 Å². The Labute approximate surface area is 149 Å². The van der Waals surface area contributed by atoms with Crippen LogP contribution in [0.1, 0.15) is 22.7 Å². The SMILES string of the molecule is C(=C\C1c2ccccc2OCN1Cc1ccccc1)/c1ccccc1. The zero-order chi connectivity index (χ0) is 16.9. The van der Waals surface area contributed by atoms with Crippen molar-refractivity contribution in [2.24, 2.45) is 0 Å². The van der Waals surface area contributed by atoms with Gasteiger partial charge in [0.15, 0.2) is 0 Å². The van der Waals surface area contributed by atoms with Crippen molar-refractivity contribution in [2.45, 2.75) is 12.6 Å². The third-order valence-corrected chi connectivity index (χ3v) is 4.52. The second-order valence-electron chi connectivity index (χ2n) is 6.26. The van der Waals surface area contributed by atoms with Gasteiger partial charge in [0.2, 0.25) is 0 Å². The highest BCUT2D eigenvalue weighted by Gasteiger charge is 2.26. The molecule has 0 amide bonds. The first-order chi connectivity index (χ1) is 12.4. The molecule has 1 heterocycles. The van der Waals surface area contributed by atoms with Gasteiger partial charge in [0.1, 0.15) is 12.5 Å². The Morgan fingerprint density at radius 3 is 2.32 bits per heavy atom. The van der Waals surface area contributed by atoms with E-state index in [2.05, 4.69) is 89.8 Å². The summed E-state index contributed by atoms with van der Waals surface area (Å²) < 4.78 is 5.98. The summed E-state index contributed by atoms with van der Waals surface area (Å²) in [4.78, 5) is 2.36. The van der Waals surface area contributed by atoms with Crippen LogP contribution < -0.4 is 4.74 Å². The minimum atomic E-state index is 0.199. The van der Waals surface area contributed by atoms with Gasteiger partial charge in [-0.25, -0.2) is 0 Å². The molecule has 25 heavy (non-hydrogen) atoms. The highest BCUT2D eigenvalue weighted by atomic mass is 16.5. The zero-order valence-electron chi connectivity index (χ0n) is 14.1. The molecule has 4 rings (SSSR count). The molecule has 1 aliphatic heterocycles. The largest absolute Gasteiger partial charge is 0.478 e. The fraction of sp³-hybridized carbons (Fsp3) is 0.130. The number of fused-ring (bicyclic) bond motifs is 1. The predicted octanol–water partition coefficient (Wildman–Crippen LogP) is 5.29. The Kier molecular flexibility index (Phi) is 4.62. The summed E-state index contributed by atoms with van der Waals surface area (Å²) in [6, 6.07) is 29.5. The summed E-state index contributed by atoms with van der Waals surface area (Å²) in [5.41, 5.74) is 3.73. The lowest BCUT2D eigenvalue weighted by atomic mass is 10.0. The lowest BCUT2D eigenvalue weighted by Crippen LogP contribution is -2.35. The molecule has 0 bridgehead atoms. The molecular formula is C23H21NO. The van der Waals surface area contributed by atoms with E-state index < -0.39 is 0 Å². The molecule has 0 aliphatic carbocycles. The minimum Gasteiger partial charge on any atom is -0.478 e. The van der Waals surface area contributed by atoms with Crippen LogP contribution in [0.3, 0.4) is 0 Å². The van der Waals surface area contributed by atoms with Gasteiger partial charge in [-0.15, -0.1) is 0 Å². The maximum Gasteiger partial charge on any atom is 0.143 e. The topological polar surface area (TPSA) is 12.5 Å². The molecule has 0 saturated carbocycles. The summed E-state index contributed by atoms with van der Waals surface area (Å²) in [6.45, 7) is 1.45. The third kappa shape index (κ3) is 3.65. The number of rotatable bonds is 4. The number of hydrogen-bond donors (Lipinski definition) is 0. The second-order valence-corrected chi connectivity index (χ2v) is 6.26. The molecule has 0 fully saturated rings. The first kappa shape index (κ1) is 15.7. The van der Waals surface area contributed by atoms with E-state index in [-0.39, 0.29) is 6.04 Å². The number of para-hydroxylation sites is 1. The summed E-state index contributed by atoms with van der Waals surface area (Å²) in [5.74, 6) is 0.981. The third-order valence-electron chi connectivity index (χ3n) is 4.52. The Balaban J connectivity index is 1.65. The lowest BCUT2D eigenvalue weighted by Gasteiger charge is -2.35. The molecule has 1 unspecified atom stereocenters. The molecule has 2 nitrogen and oxygen atoms in total. The van der Waals surface area contributed by atoms with E-state index in [1.54, 1.807) is 0 Å². The van der Waals surface area contributed by atoms with Crippen molar-refractivity contribution in [3.05, 3.63) is 108 Å². The molecule has 0 aromatic heterocycles. The van der Waals surface area contributed by atoms with Crippen molar-refractivity contribution in [1.29, 1.82) is 0 Å². The molecule has 124 valence electrons. The van der Waals surface area contributed by atoms with Crippen LogP contribution in [0.4, 0.5) is 0 Å². The van der Waals surface area contributed by atoms with Gasteiger partial charge in [0, 0.05) is 12.1 Å². The number of nitrogens with zero attached hydrogens (tertiary/aromatic N) is 1. The first-order valence-electron chi connectivity index (χ1n) is 8.63. The molecule has 0 saturated heterocycles. The van der Waals surface area contributed by atoms with Crippen molar-refractivity contribution >= 4 is 6.08 Å². The Morgan fingerprint density at radius 1 is 0.840 bits per heavy atom. The van der Waals surface area contributed by atoms with Crippen molar-refractivity contribution in [3.8, 4) is 5.75 Å². The van der Waals surface area contributed by atoms with Crippen LogP contribution >= 0.6 is 0 Å². The minimum absolute atomic E-state index is 0.199. The fourth-order valence-corrected chi connectivity index (χ4v) is 3.24. The molecule has 3 aromatic carbocycles. The highest BCUT2D eigenvalue weighted by Crippen LogP contribution is 2.35. The Hall–Kier alpha value is -2.84. The molecule has 3 aromatic rings. The van der Waals surface area contributed by atoms with E-state index in [9.17, 15) is 0 Å². The van der Waals surface area contributed by atoms with Crippen molar-refractivity contribution in [3.63, 3.8) is 0 Å². The van der Waals surface area contributed by atoms with Gasteiger partial charge >= 0.3 is 0 Å². The van der Waals surface area contributed by atoms with Gasteiger partial charge in [-0.3, -0.25) is 4.90 Å². The normalized spacial score (nSPS) is 17.2. The van der Waals surface area contributed by atoms with Crippen molar-refractivity contribution in [1.82, 2.24) is 4.90 Å². The van der Waals surface area contributed by atoms with Crippen LogP contribution in [-0.4, -0.2) is 11.6 Å². The van der Waals surface area contributed by atoms with Gasteiger partial charge in [0.05, 0.1) is 6.04 Å². The summed E-state index contributed by atoms with van der Waals surface area (Å²) in [5, 5.41) is 0. The average Bonchev–Trinajstić information content (AvgIpc) is 2.68. The molecule has 2 heteroatoms. The van der Waals surface area contributed by atoms with E-state index >= 15 is 0 Å². The summed E-state index contributed by atoms with van der Waals surface area (Å²) in [6.07, 6.45) is 4.48. The van der Waals surface area contributed by atoms with E-state index in [1.807, 2.05) is 12.1 Å². The van der Waals surface area contributed by atoms with Crippen LogP contribution in [-0.2, 0) is 6.54 Å². The van der Waals surface area contributed by atoms with E-state index in [0.29, 0.717) is 6.73 Å². The number of hydrogen-bond acceptors (Lipinski definition) is 2. The second kappa shape index (κ2) is 7.37. The molecule has 1 atom stereocenters. The molecule has 1 aliphatic rings. The van der Waals surface area contributed by atoms with Crippen molar-refractivity contribution in [2.75, 3.05) is 6.73 Å². The first-order valence-corrected chi connectivity index (χ1v) is 8.63. The Bertz CT molecular complexity index is 842. The zero-order valence-corrected chi connectivity index (χ0v) is 14.1. The Morgan fingerprint density at radius 2 is 1.52 bits per heavy atom. The van der Waals surface area contributed by atoms with Crippen LogP contribution in [0, 0.1) is 0 Å². The van der Waals surface area contributed by atoms with Gasteiger partial charge in [-0.05, 0) is 17.2 Å². The van der Waals surface area contributed by atoms with Gasteiger partial charge in [-0.2, -0.15) is 0 Å². The maximum atomic E-state index is 5.98. The number of ether oxygens (including phenoxy) is 1. The number of benzene rings is 3. The van der Waals surface area contributed by atoms with Crippen LogP contribution in [0.5, 0.6) is 5.75 Å². The van der Waals surface area contributed by atoms with Gasteiger partial charge in [0.25, 0.3) is 0 Å². The average molecular weight is 327 g/mol. The van der Waals surface area contributed by atoms with Crippen molar-refractivity contribution < 1.29 is 4.74 Å². The summed E-state index contributed by atoms with van der Waals surface area (Å²) in [7, 11) is 0. The van der Waals surface area contributed by atoms with E-state index in [1.165, 1.54) is 16.7 Å². The quantitative estimate of drug-likeness (QED) is 0.645. The van der Waals surface area contributed by atoms with Gasteiger partial charge < -0.3 is 4.74 Å². The van der Waals surface area contributed by atoms with Crippen LogP contribution in [0.15, 0.2) is 91.0 Å². The predicted molar refractivity (Wildman–Crippen MR) is 102 cm³/mol. The molecule has 0 spiro atoms. The fourth-order valence-electron chi connectivity index (χ4n) is 3.24. The molecule has 0 radical (unpaired) electrons. The maximum absolute atomic E-state index is 5.98. The molecule has 0 N–H and O–H groups in total. The highest BCUT2D eigenvalue weighted by molar-refractivity contribution is 5.52. The van der Waals surface area contributed by atoms with Crippen LogP contribution in [0.25, 0.3) is 6.08 Å². The lowest BCUT2D eigenvalue weighted by molar-refractivity contribution is 0.0697.